The minimum Gasteiger partial charge on any atom is -0.310 e. The molecule has 0 saturated heterocycles. The molecule has 0 bridgehead atoms. The van der Waals surface area contributed by atoms with Gasteiger partial charge in [0.2, 0.25) is 0 Å². The van der Waals surface area contributed by atoms with Gasteiger partial charge in [0, 0.05) is 35.2 Å². The molecule has 0 atom stereocenters. The first-order valence-corrected chi connectivity index (χ1v) is 8.94. The third-order valence-electron chi connectivity index (χ3n) is 3.41. The fourth-order valence-electron chi connectivity index (χ4n) is 2.23. The van der Waals surface area contributed by atoms with Crippen molar-refractivity contribution in [1.29, 1.82) is 0 Å². The highest BCUT2D eigenvalue weighted by molar-refractivity contribution is 7.11. The van der Waals surface area contributed by atoms with Crippen molar-refractivity contribution in [3.8, 4) is 0 Å². The molecule has 3 rings (SSSR count). The van der Waals surface area contributed by atoms with Crippen LogP contribution in [-0.4, -0.2) is 16.0 Å². The Morgan fingerprint density at radius 1 is 1.35 bits per heavy atom. The lowest BCUT2D eigenvalue weighted by Gasteiger charge is -2.07. The summed E-state index contributed by atoms with van der Waals surface area (Å²) >= 11 is 3.59. The molecule has 3 nitrogen and oxygen atoms in total. The second-order valence-electron chi connectivity index (χ2n) is 5.76. The van der Waals surface area contributed by atoms with Gasteiger partial charge in [0.1, 0.15) is 0 Å². The van der Waals surface area contributed by atoms with Crippen molar-refractivity contribution < 1.29 is 0 Å². The molecule has 5 heteroatoms. The van der Waals surface area contributed by atoms with E-state index in [0.29, 0.717) is 6.04 Å². The number of thiazole rings is 2. The normalized spacial score (nSPS) is 15.2. The van der Waals surface area contributed by atoms with Gasteiger partial charge in [0.15, 0.2) is 0 Å². The molecule has 2 heterocycles. The van der Waals surface area contributed by atoms with E-state index in [4.69, 9.17) is 4.98 Å². The number of rotatable bonds is 6. The Kier molecular flexibility index (Phi) is 4.19. The van der Waals surface area contributed by atoms with E-state index in [1.807, 2.05) is 11.3 Å². The van der Waals surface area contributed by atoms with Gasteiger partial charge in [-0.3, -0.25) is 0 Å². The van der Waals surface area contributed by atoms with Crippen molar-refractivity contribution in [2.75, 3.05) is 0 Å². The van der Waals surface area contributed by atoms with Crippen LogP contribution in [0, 0.1) is 6.92 Å². The molecule has 0 spiro atoms. The predicted molar refractivity (Wildman–Crippen MR) is 85.7 cm³/mol. The van der Waals surface area contributed by atoms with Crippen LogP contribution in [0.1, 0.15) is 58.9 Å². The molecule has 1 saturated carbocycles. The van der Waals surface area contributed by atoms with Crippen LogP contribution < -0.4 is 5.32 Å². The number of hydrogen-bond acceptors (Lipinski definition) is 5. The van der Waals surface area contributed by atoms with Crippen LogP contribution in [0.25, 0.3) is 0 Å². The number of aromatic nitrogens is 2. The van der Waals surface area contributed by atoms with Crippen LogP contribution in [0.5, 0.6) is 0 Å². The van der Waals surface area contributed by atoms with E-state index < -0.39 is 0 Å². The van der Waals surface area contributed by atoms with Crippen LogP contribution in [0.4, 0.5) is 0 Å². The summed E-state index contributed by atoms with van der Waals surface area (Å²) in [5.74, 6) is 0.723. The van der Waals surface area contributed by atoms with Crippen LogP contribution in [0.15, 0.2) is 5.38 Å². The van der Waals surface area contributed by atoms with Gasteiger partial charge in [-0.25, -0.2) is 9.97 Å². The number of aryl methyl sites for hydroxylation is 1. The van der Waals surface area contributed by atoms with E-state index in [9.17, 15) is 0 Å². The van der Waals surface area contributed by atoms with Crippen LogP contribution in [0.2, 0.25) is 0 Å². The van der Waals surface area contributed by atoms with Gasteiger partial charge in [-0.1, -0.05) is 13.8 Å². The lowest BCUT2D eigenvalue weighted by atomic mass is 10.2. The van der Waals surface area contributed by atoms with Gasteiger partial charge in [-0.2, -0.15) is 0 Å². The Bertz CT molecular complexity index is 582. The summed E-state index contributed by atoms with van der Waals surface area (Å²) in [4.78, 5) is 10.9. The van der Waals surface area contributed by atoms with E-state index in [2.05, 4.69) is 36.5 Å². The molecule has 1 aliphatic rings. The van der Waals surface area contributed by atoms with Gasteiger partial charge in [-0.05, 0) is 19.8 Å². The zero-order valence-corrected chi connectivity index (χ0v) is 13.9. The van der Waals surface area contributed by atoms with Crippen LogP contribution >= 0.6 is 22.7 Å². The van der Waals surface area contributed by atoms with Crippen molar-refractivity contribution >= 4 is 22.7 Å². The number of hydrogen-bond donors (Lipinski definition) is 1. The van der Waals surface area contributed by atoms with Gasteiger partial charge < -0.3 is 5.32 Å². The fourth-order valence-corrected chi connectivity index (χ4v) is 3.97. The number of nitrogens with zero attached hydrogens (tertiary/aromatic N) is 2. The highest BCUT2D eigenvalue weighted by Crippen LogP contribution is 2.42. The molecule has 0 radical (unpaired) electrons. The largest absolute Gasteiger partial charge is 0.310 e. The van der Waals surface area contributed by atoms with E-state index in [1.165, 1.54) is 28.4 Å². The van der Waals surface area contributed by atoms with E-state index in [0.717, 1.165) is 29.6 Å². The van der Waals surface area contributed by atoms with Crippen molar-refractivity contribution in [2.45, 2.75) is 58.5 Å². The zero-order valence-electron chi connectivity index (χ0n) is 12.3. The molecule has 0 aromatic carbocycles. The molecule has 2 aromatic heterocycles. The monoisotopic (exact) mass is 307 g/mol. The summed E-state index contributed by atoms with van der Waals surface area (Å²) in [7, 11) is 0. The summed E-state index contributed by atoms with van der Waals surface area (Å²) < 4.78 is 0. The highest BCUT2D eigenvalue weighted by Gasteiger charge is 2.29. The Morgan fingerprint density at radius 2 is 2.15 bits per heavy atom. The summed E-state index contributed by atoms with van der Waals surface area (Å²) in [6.45, 7) is 7.40. The molecule has 0 aliphatic heterocycles. The molecular formula is C15H21N3S2. The van der Waals surface area contributed by atoms with Crippen molar-refractivity contribution in [2.24, 2.45) is 0 Å². The Morgan fingerprint density at radius 3 is 2.75 bits per heavy atom. The lowest BCUT2D eigenvalue weighted by Crippen LogP contribution is -2.21. The minimum absolute atomic E-state index is 0.522. The Labute approximate surface area is 128 Å². The molecule has 0 unspecified atom stereocenters. The average Bonchev–Trinajstić information content (AvgIpc) is 3.04. The summed E-state index contributed by atoms with van der Waals surface area (Å²) in [6.07, 6.45) is 3.51. The fraction of sp³-hybridized carbons (Fsp3) is 0.600. The Balaban J connectivity index is 1.76. The van der Waals surface area contributed by atoms with Crippen LogP contribution in [-0.2, 0) is 13.0 Å². The predicted octanol–water partition coefficient (Wildman–Crippen LogP) is 3.87. The smallest absolute Gasteiger partial charge is 0.0991 e. The molecule has 108 valence electrons. The summed E-state index contributed by atoms with van der Waals surface area (Å²) in [5.41, 5.74) is 2.51. The maximum absolute atomic E-state index is 4.90. The first-order chi connectivity index (χ1) is 9.61. The quantitative estimate of drug-likeness (QED) is 0.880. The molecule has 20 heavy (non-hydrogen) atoms. The molecule has 1 fully saturated rings. The molecule has 0 amide bonds. The van der Waals surface area contributed by atoms with E-state index in [1.54, 1.807) is 11.3 Å². The number of nitrogens with one attached hydrogen (secondary N) is 1. The topological polar surface area (TPSA) is 37.8 Å². The van der Waals surface area contributed by atoms with Gasteiger partial charge in [0.25, 0.3) is 0 Å². The molecular weight excluding hydrogens is 286 g/mol. The average molecular weight is 307 g/mol. The molecule has 1 aliphatic carbocycles. The van der Waals surface area contributed by atoms with Gasteiger partial charge >= 0.3 is 0 Å². The summed E-state index contributed by atoms with van der Waals surface area (Å²) in [5, 5.41) is 8.03. The minimum atomic E-state index is 0.522. The first-order valence-electron chi connectivity index (χ1n) is 7.24. The first kappa shape index (κ1) is 14.2. The Hall–Kier alpha value is -0.780. The zero-order chi connectivity index (χ0) is 14.1. The van der Waals surface area contributed by atoms with E-state index >= 15 is 0 Å². The van der Waals surface area contributed by atoms with Crippen LogP contribution in [0.3, 0.4) is 0 Å². The maximum Gasteiger partial charge on any atom is 0.0991 e. The van der Waals surface area contributed by atoms with Crippen molar-refractivity contribution in [3.05, 3.63) is 31.7 Å². The second-order valence-corrected chi connectivity index (χ2v) is 7.99. The molecule has 1 N–H and O–H groups in total. The standard InChI is InChI=1S/C15H21N3S2/c1-9(2)16-7-13-15(11-4-5-11)18-14(20-13)6-12-8-19-10(3)17-12/h8-9,11,16H,4-7H2,1-3H3. The van der Waals surface area contributed by atoms with Crippen molar-refractivity contribution in [1.82, 2.24) is 15.3 Å². The summed E-state index contributed by atoms with van der Waals surface area (Å²) in [6, 6.07) is 0.522. The third-order valence-corrected chi connectivity index (χ3v) is 5.30. The van der Waals surface area contributed by atoms with Crippen molar-refractivity contribution in [3.63, 3.8) is 0 Å². The SMILES string of the molecule is Cc1nc(Cc2nc(C3CC3)c(CNC(C)C)s2)cs1. The highest BCUT2D eigenvalue weighted by atomic mass is 32.1. The third kappa shape index (κ3) is 3.45. The lowest BCUT2D eigenvalue weighted by molar-refractivity contribution is 0.590. The second kappa shape index (κ2) is 5.92. The van der Waals surface area contributed by atoms with Gasteiger partial charge in [-0.15, -0.1) is 22.7 Å². The van der Waals surface area contributed by atoms with Gasteiger partial charge in [0.05, 0.1) is 21.4 Å². The molecule has 2 aromatic rings. The van der Waals surface area contributed by atoms with E-state index in [-0.39, 0.29) is 0 Å². The maximum atomic E-state index is 4.90.